The van der Waals surface area contributed by atoms with E-state index >= 15 is 0 Å². The molecule has 0 aromatic carbocycles. The van der Waals surface area contributed by atoms with E-state index < -0.39 is 23.9 Å². The maximum Gasteiger partial charge on any atom is 0.321 e. The first-order chi connectivity index (χ1) is 8.45. The Hall–Kier alpha value is -2.12. The van der Waals surface area contributed by atoms with Crippen molar-refractivity contribution in [2.45, 2.75) is 26.2 Å². The molecule has 0 bridgehead atoms. The number of carboxylic acid groups (broad SMARTS) is 1. The van der Waals surface area contributed by atoms with E-state index in [4.69, 9.17) is 5.11 Å². The molecule has 0 spiro atoms. The van der Waals surface area contributed by atoms with Gasteiger partial charge in [0.1, 0.15) is 0 Å². The van der Waals surface area contributed by atoms with Crippen LogP contribution in [0, 0.1) is 0 Å². The first-order valence-corrected chi connectivity index (χ1v) is 5.40. The Bertz CT molecular complexity index is 328. The minimum absolute atomic E-state index is 0.00454. The third-order valence-corrected chi connectivity index (χ3v) is 1.74. The minimum Gasteiger partial charge on any atom is -0.481 e. The number of hydrogen-bond acceptors (Lipinski definition) is 5. The van der Waals surface area contributed by atoms with E-state index in [2.05, 4.69) is 10.1 Å². The molecule has 0 aliphatic carbocycles. The summed E-state index contributed by atoms with van der Waals surface area (Å²) in [4.78, 5) is 43.2. The number of carbonyl (C=O) groups is 4. The topological polar surface area (TPSA) is 122 Å². The average molecular weight is 260 g/mol. The number of carbonyl (C=O) groups excluding carboxylic acids is 3. The number of ether oxygens (including phenoxy) is 1. The first kappa shape index (κ1) is 15.9. The van der Waals surface area contributed by atoms with Crippen LogP contribution in [0.2, 0.25) is 0 Å². The fraction of sp³-hybridized carbons (Fsp3) is 0.600. The average Bonchev–Trinajstić information content (AvgIpc) is 2.26. The fourth-order valence-corrected chi connectivity index (χ4v) is 0.965. The van der Waals surface area contributed by atoms with Crippen LogP contribution in [0.5, 0.6) is 0 Å². The van der Waals surface area contributed by atoms with Crippen molar-refractivity contribution in [2.75, 3.05) is 13.2 Å². The minimum atomic E-state index is -1.12. The number of carboxylic acids is 1. The summed E-state index contributed by atoms with van der Waals surface area (Å²) in [5, 5.41) is 12.5. The Morgan fingerprint density at radius 2 is 1.78 bits per heavy atom. The lowest BCUT2D eigenvalue weighted by Gasteiger charge is -2.05. The molecule has 8 nitrogen and oxygen atoms in total. The van der Waals surface area contributed by atoms with E-state index in [0.29, 0.717) is 0 Å². The number of imide groups is 1. The molecular weight excluding hydrogens is 244 g/mol. The molecule has 0 aromatic heterocycles. The lowest BCUT2D eigenvalue weighted by molar-refractivity contribution is -0.143. The number of esters is 1. The van der Waals surface area contributed by atoms with Crippen LogP contribution in [0.15, 0.2) is 0 Å². The number of hydrogen-bond donors (Lipinski definition) is 3. The summed E-state index contributed by atoms with van der Waals surface area (Å²) in [6.45, 7) is 1.97. The van der Waals surface area contributed by atoms with Gasteiger partial charge in [0.05, 0.1) is 19.4 Å². The summed E-state index contributed by atoms with van der Waals surface area (Å²) in [6, 6.07) is -0.769. The number of aliphatic carboxylic acids is 1. The van der Waals surface area contributed by atoms with Crippen LogP contribution in [-0.4, -0.2) is 42.1 Å². The third-order valence-electron chi connectivity index (χ3n) is 1.74. The van der Waals surface area contributed by atoms with Gasteiger partial charge in [-0.25, -0.2) is 4.79 Å². The molecule has 0 atom stereocenters. The molecule has 102 valence electrons. The summed E-state index contributed by atoms with van der Waals surface area (Å²) in [5.74, 6) is -2.26. The van der Waals surface area contributed by atoms with Crippen molar-refractivity contribution in [1.82, 2.24) is 10.6 Å². The number of urea groups is 1. The van der Waals surface area contributed by atoms with Gasteiger partial charge in [0.15, 0.2) is 0 Å². The molecule has 0 unspecified atom stereocenters. The summed E-state index contributed by atoms with van der Waals surface area (Å²) in [6.07, 6.45) is -0.618. The summed E-state index contributed by atoms with van der Waals surface area (Å²) < 4.78 is 4.63. The van der Waals surface area contributed by atoms with Crippen LogP contribution in [0.4, 0.5) is 4.79 Å². The Labute approximate surface area is 104 Å². The molecule has 8 heteroatoms. The molecule has 0 heterocycles. The van der Waals surface area contributed by atoms with Gasteiger partial charge in [0.2, 0.25) is 5.91 Å². The van der Waals surface area contributed by atoms with E-state index in [-0.39, 0.29) is 32.4 Å². The largest absolute Gasteiger partial charge is 0.481 e. The van der Waals surface area contributed by atoms with Gasteiger partial charge in [-0.1, -0.05) is 0 Å². The van der Waals surface area contributed by atoms with Crippen LogP contribution in [0.25, 0.3) is 0 Å². The normalized spacial score (nSPS) is 9.39. The summed E-state index contributed by atoms with van der Waals surface area (Å²) in [5.41, 5.74) is 0. The highest BCUT2D eigenvalue weighted by molar-refractivity contribution is 5.95. The van der Waals surface area contributed by atoms with Gasteiger partial charge in [-0.2, -0.15) is 0 Å². The van der Waals surface area contributed by atoms with E-state index in [1.807, 2.05) is 5.32 Å². The van der Waals surface area contributed by atoms with Crippen LogP contribution in [0.3, 0.4) is 0 Å². The van der Waals surface area contributed by atoms with Crippen LogP contribution in [0.1, 0.15) is 26.2 Å². The standard InChI is InChI=1S/C10H16N2O6/c1-2-18-9(16)5-6-11-10(17)12-7(13)3-4-8(14)15/h2-6H2,1H3,(H,14,15)(H2,11,12,13,17). The summed E-state index contributed by atoms with van der Waals surface area (Å²) >= 11 is 0. The van der Waals surface area contributed by atoms with Crippen molar-refractivity contribution in [2.24, 2.45) is 0 Å². The van der Waals surface area contributed by atoms with Crippen molar-refractivity contribution < 1.29 is 29.0 Å². The van der Waals surface area contributed by atoms with Gasteiger partial charge in [0.25, 0.3) is 0 Å². The van der Waals surface area contributed by atoms with Crippen molar-refractivity contribution in [3.05, 3.63) is 0 Å². The predicted octanol–water partition coefficient (Wildman–Crippen LogP) is -0.370. The molecular formula is C10H16N2O6. The van der Waals surface area contributed by atoms with E-state index in [9.17, 15) is 19.2 Å². The van der Waals surface area contributed by atoms with E-state index in [0.717, 1.165) is 0 Å². The summed E-state index contributed by atoms with van der Waals surface area (Å²) in [7, 11) is 0. The molecule has 0 aliphatic heterocycles. The van der Waals surface area contributed by atoms with Gasteiger partial charge in [-0.15, -0.1) is 0 Å². The zero-order valence-electron chi connectivity index (χ0n) is 10.0. The monoisotopic (exact) mass is 260 g/mol. The molecule has 0 rings (SSSR count). The molecule has 0 saturated heterocycles. The van der Waals surface area contributed by atoms with Crippen molar-refractivity contribution in [1.29, 1.82) is 0 Å². The van der Waals surface area contributed by atoms with Gasteiger partial charge in [-0.05, 0) is 6.92 Å². The molecule has 0 aliphatic rings. The van der Waals surface area contributed by atoms with Gasteiger partial charge >= 0.3 is 18.0 Å². The SMILES string of the molecule is CCOC(=O)CCNC(=O)NC(=O)CCC(=O)O. The smallest absolute Gasteiger partial charge is 0.321 e. The maximum atomic E-state index is 11.1. The van der Waals surface area contributed by atoms with Crippen molar-refractivity contribution in [3.8, 4) is 0 Å². The third kappa shape index (κ3) is 9.13. The van der Waals surface area contributed by atoms with Crippen molar-refractivity contribution >= 4 is 23.9 Å². The Morgan fingerprint density at radius 3 is 2.33 bits per heavy atom. The molecule has 18 heavy (non-hydrogen) atoms. The predicted molar refractivity (Wildman–Crippen MR) is 59.7 cm³/mol. The lowest BCUT2D eigenvalue weighted by atomic mass is 10.3. The van der Waals surface area contributed by atoms with Crippen LogP contribution < -0.4 is 10.6 Å². The molecule has 0 saturated carbocycles. The molecule has 0 aromatic rings. The maximum absolute atomic E-state index is 11.1. The second-order valence-electron chi connectivity index (χ2n) is 3.25. The Kier molecular flexibility index (Phi) is 7.91. The number of amides is 3. The van der Waals surface area contributed by atoms with Crippen LogP contribution in [-0.2, 0) is 19.1 Å². The Morgan fingerprint density at radius 1 is 1.11 bits per heavy atom. The van der Waals surface area contributed by atoms with Crippen molar-refractivity contribution in [3.63, 3.8) is 0 Å². The van der Waals surface area contributed by atoms with Crippen LogP contribution >= 0.6 is 0 Å². The number of rotatable bonds is 7. The van der Waals surface area contributed by atoms with E-state index in [1.165, 1.54) is 0 Å². The second kappa shape index (κ2) is 8.97. The number of nitrogens with one attached hydrogen (secondary N) is 2. The van der Waals surface area contributed by atoms with Gasteiger partial charge < -0.3 is 15.2 Å². The highest BCUT2D eigenvalue weighted by Crippen LogP contribution is 1.88. The zero-order chi connectivity index (χ0) is 14.0. The second-order valence-corrected chi connectivity index (χ2v) is 3.25. The molecule has 0 radical (unpaired) electrons. The highest BCUT2D eigenvalue weighted by Gasteiger charge is 2.09. The first-order valence-electron chi connectivity index (χ1n) is 5.40. The van der Waals surface area contributed by atoms with E-state index in [1.54, 1.807) is 6.92 Å². The lowest BCUT2D eigenvalue weighted by Crippen LogP contribution is -2.40. The van der Waals surface area contributed by atoms with Gasteiger partial charge in [-0.3, -0.25) is 19.7 Å². The quantitative estimate of drug-likeness (QED) is 0.537. The molecule has 3 N–H and O–H groups in total. The molecule has 3 amide bonds. The fourth-order valence-electron chi connectivity index (χ4n) is 0.965. The zero-order valence-corrected chi connectivity index (χ0v) is 10.0. The molecule has 0 fully saturated rings. The van der Waals surface area contributed by atoms with Gasteiger partial charge in [0, 0.05) is 13.0 Å². The Balaban J connectivity index is 3.67. The highest BCUT2D eigenvalue weighted by atomic mass is 16.5.